The molecule has 112 valence electrons. The minimum absolute atomic E-state index is 0.782. The lowest BCUT2D eigenvalue weighted by Gasteiger charge is -2.11. The highest BCUT2D eigenvalue weighted by atomic mass is 15.3. The minimum Gasteiger partial charge on any atom is -0.356 e. The molecule has 0 spiro atoms. The number of nitrogens with zero attached hydrogens (tertiary/aromatic N) is 4. The van der Waals surface area contributed by atoms with Crippen molar-refractivity contribution in [1.82, 2.24) is 25.4 Å². The van der Waals surface area contributed by atoms with Gasteiger partial charge in [-0.25, -0.2) is 0 Å². The second-order valence-electron chi connectivity index (χ2n) is 4.78. The normalized spacial score (nSPS) is 11.4. The lowest BCUT2D eigenvalue weighted by Crippen LogP contribution is -2.39. The van der Waals surface area contributed by atoms with Gasteiger partial charge in [0.05, 0.1) is 12.7 Å². The molecule has 2 aromatic rings. The summed E-state index contributed by atoms with van der Waals surface area (Å²) >= 11 is 0. The van der Waals surface area contributed by atoms with Crippen LogP contribution in [0.15, 0.2) is 41.8 Å². The number of aryl methyl sites for hydroxylation is 1. The van der Waals surface area contributed by atoms with E-state index in [1.165, 1.54) is 5.56 Å². The number of aromatic nitrogens is 3. The van der Waals surface area contributed by atoms with Gasteiger partial charge in [-0.1, -0.05) is 6.07 Å². The summed E-state index contributed by atoms with van der Waals surface area (Å²) in [5, 5.41) is 10.8. The molecule has 0 aliphatic heterocycles. The van der Waals surface area contributed by atoms with E-state index in [0.717, 1.165) is 37.7 Å². The maximum Gasteiger partial charge on any atom is 0.191 e. The Balaban J connectivity index is 1.66. The number of nitrogens with one attached hydrogen (secondary N) is 2. The molecule has 0 unspecified atom stereocenters. The van der Waals surface area contributed by atoms with Gasteiger partial charge in [0, 0.05) is 44.6 Å². The van der Waals surface area contributed by atoms with Crippen molar-refractivity contribution < 1.29 is 0 Å². The zero-order valence-electron chi connectivity index (χ0n) is 12.6. The average Bonchev–Trinajstić information content (AvgIpc) is 2.92. The highest BCUT2D eigenvalue weighted by Crippen LogP contribution is 1.94. The van der Waals surface area contributed by atoms with Crippen LogP contribution in [0.25, 0.3) is 0 Å². The molecule has 0 aromatic carbocycles. The first-order valence-corrected chi connectivity index (χ1v) is 7.11. The molecule has 0 fully saturated rings. The van der Waals surface area contributed by atoms with Crippen LogP contribution in [0.3, 0.4) is 0 Å². The van der Waals surface area contributed by atoms with E-state index in [4.69, 9.17) is 0 Å². The molecule has 0 saturated carbocycles. The van der Waals surface area contributed by atoms with Crippen LogP contribution in [0.4, 0.5) is 0 Å². The number of rotatable bonds is 6. The molecule has 0 amide bonds. The predicted molar refractivity (Wildman–Crippen MR) is 84.3 cm³/mol. The molecule has 6 nitrogen and oxygen atoms in total. The van der Waals surface area contributed by atoms with Gasteiger partial charge in [0.2, 0.25) is 0 Å². The molecule has 0 atom stereocenters. The molecule has 2 heterocycles. The molecule has 21 heavy (non-hydrogen) atoms. The van der Waals surface area contributed by atoms with Crippen molar-refractivity contribution in [2.45, 2.75) is 19.9 Å². The fourth-order valence-electron chi connectivity index (χ4n) is 1.95. The van der Waals surface area contributed by atoms with Crippen LogP contribution in [0.1, 0.15) is 11.3 Å². The van der Waals surface area contributed by atoms with E-state index in [9.17, 15) is 0 Å². The molecule has 0 aliphatic carbocycles. The number of guanidine groups is 1. The van der Waals surface area contributed by atoms with Crippen LogP contribution in [0.5, 0.6) is 0 Å². The van der Waals surface area contributed by atoms with Crippen molar-refractivity contribution in [3.63, 3.8) is 0 Å². The van der Waals surface area contributed by atoms with Gasteiger partial charge in [0.25, 0.3) is 0 Å². The van der Waals surface area contributed by atoms with E-state index in [1.54, 1.807) is 7.05 Å². The Morgan fingerprint density at radius 2 is 2.14 bits per heavy atom. The molecule has 2 aromatic heterocycles. The van der Waals surface area contributed by atoms with Crippen molar-refractivity contribution in [2.24, 2.45) is 4.99 Å². The largest absolute Gasteiger partial charge is 0.356 e. The summed E-state index contributed by atoms with van der Waals surface area (Å²) in [6, 6.07) is 5.95. The van der Waals surface area contributed by atoms with E-state index in [2.05, 4.69) is 25.7 Å². The van der Waals surface area contributed by atoms with Crippen LogP contribution in [-0.2, 0) is 13.0 Å². The smallest absolute Gasteiger partial charge is 0.191 e. The Labute approximate surface area is 125 Å². The van der Waals surface area contributed by atoms with Gasteiger partial charge in [0.1, 0.15) is 0 Å². The zero-order valence-corrected chi connectivity index (χ0v) is 12.6. The summed E-state index contributed by atoms with van der Waals surface area (Å²) in [7, 11) is 1.77. The van der Waals surface area contributed by atoms with Crippen LogP contribution in [0.2, 0.25) is 0 Å². The van der Waals surface area contributed by atoms with Gasteiger partial charge < -0.3 is 10.6 Å². The first kappa shape index (κ1) is 15.0. The summed E-state index contributed by atoms with van der Waals surface area (Å²) < 4.78 is 1.92. The minimum atomic E-state index is 0.782. The SMILES string of the molecule is CN=C(NCCc1ccccn1)NCCn1cc(C)cn1. The van der Waals surface area contributed by atoms with Crippen LogP contribution in [-0.4, -0.2) is 40.9 Å². The summed E-state index contributed by atoms with van der Waals surface area (Å²) in [6.45, 7) is 4.44. The summed E-state index contributed by atoms with van der Waals surface area (Å²) in [4.78, 5) is 8.49. The lowest BCUT2D eigenvalue weighted by molar-refractivity contribution is 0.597. The number of pyridine rings is 1. The maximum atomic E-state index is 4.29. The summed E-state index contributed by atoms with van der Waals surface area (Å²) in [6.07, 6.45) is 6.58. The quantitative estimate of drug-likeness (QED) is 0.614. The van der Waals surface area contributed by atoms with Gasteiger partial charge in [-0.3, -0.25) is 14.7 Å². The molecular formula is C15H22N6. The monoisotopic (exact) mass is 286 g/mol. The molecule has 0 aliphatic rings. The maximum absolute atomic E-state index is 4.29. The topological polar surface area (TPSA) is 67.1 Å². The van der Waals surface area contributed by atoms with Gasteiger partial charge in [-0.05, 0) is 24.6 Å². The Kier molecular flexibility index (Phi) is 5.75. The Bertz CT molecular complexity index is 561. The summed E-state index contributed by atoms with van der Waals surface area (Å²) in [5.41, 5.74) is 2.25. The van der Waals surface area contributed by atoms with E-state index in [-0.39, 0.29) is 0 Å². The third-order valence-electron chi connectivity index (χ3n) is 3.02. The van der Waals surface area contributed by atoms with E-state index in [1.807, 2.05) is 48.4 Å². The molecule has 0 bridgehead atoms. The Morgan fingerprint density at radius 3 is 2.81 bits per heavy atom. The first-order valence-electron chi connectivity index (χ1n) is 7.11. The molecule has 0 saturated heterocycles. The highest BCUT2D eigenvalue weighted by molar-refractivity contribution is 5.79. The number of hydrogen-bond donors (Lipinski definition) is 2. The second kappa shape index (κ2) is 8.04. The van der Waals surface area contributed by atoms with Crippen molar-refractivity contribution in [3.05, 3.63) is 48.0 Å². The fraction of sp³-hybridized carbons (Fsp3) is 0.400. The van der Waals surface area contributed by atoms with Crippen LogP contribution in [0, 0.1) is 6.92 Å². The molecular weight excluding hydrogens is 264 g/mol. The zero-order chi connectivity index (χ0) is 14.9. The van der Waals surface area contributed by atoms with Gasteiger partial charge in [-0.2, -0.15) is 5.10 Å². The summed E-state index contributed by atoms with van der Waals surface area (Å²) in [5.74, 6) is 0.801. The molecule has 0 radical (unpaired) electrons. The van der Waals surface area contributed by atoms with E-state index in [0.29, 0.717) is 0 Å². The molecule has 2 rings (SSSR count). The average molecular weight is 286 g/mol. The van der Waals surface area contributed by atoms with Gasteiger partial charge in [-0.15, -0.1) is 0 Å². The first-order chi connectivity index (χ1) is 10.3. The van der Waals surface area contributed by atoms with Gasteiger partial charge >= 0.3 is 0 Å². The standard InChI is InChI=1S/C15H22N6/c1-13-11-20-21(12-13)10-9-19-15(16-2)18-8-6-14-5-3-4-7-17-14/h3-5,7,11-12H,6,8-10H2,1-2H3,(H2,16,18,19). The Hall–Kier alpha value is -2.37. The van der Waals surface area contributed by atoms with Crippen LogP contribution < -0.4 is 10.6 Å². The van der Waals surface area contributed by atoms with Crippen molar-refractivity contribution >= 4 is 5.96 Å². The third-order valence-corrected chi connectivity index (χ3v) is 3.02. The number of hydrogen-bond acceptors (Lipinski definition) is 3. The molecule has 2 N–H and O–H groups in total. The van der Waals surface area contributed by atoms with Crippen molar-refractivity contribution in [3.8, 4) is 0 Å². The third kappa shape index (κ3) is 5.25. The van der Waals surface area contributed by atoms with Crippen molar-refractivity contribution in [1.29, 1.82) is 0 Å². The van der Waals surface area contributed by atoms with Crippen molar-refractivity contribution in [2.75, 3.05) is 20.1 Å². The van der Waals surface area contributed by atoms with Crippen LogP contribution >= 0.6 is 0 Å². The highest BCUT2D eigenvalue weighted by Gasteiger charge is 1.99. The van der Waals surface area contributed by atoms with Gasteiger partial charge in [0.15, 0.2) is 5.96 Å². The Morgan fingerprint density at radius 1 is 1.29 bits per heavy atom. The lowest BCUT2D eigenvalue weighted by atomic mass is 10.3. The second-order valence-corrected chi connectivity index (χ2v) is 4.78. The fourth-order valence-corrected chi connectivity index (χ4v) is 1.95. The molecule has 6 heteroatoms. The van der Waals surface area contributed by atoms with E-state index < -0.39 is 0 Å². The predicted octanol–water partition coefficient (Wildman–Crippen LogP) is 0.994. The van der Waals surface area contributed by atoms with E-state index >= 15 is 0 Å². The number of aliphatic imine (C=N–C) groups is 1.